The van der Waals surface area contributed by atoms with Gasteiger partial charge in [-0.25, -0.2) is 0 Å². The predicted octanol–water partition coefficient (Wildman–Crippen LogP) is 4.60. The van der Waals surface area contributed by atoms with Crippen LogP contribution in [0.3, 0.4) is 0 Å². The Morgan fingerprint density at radius 1 is 1.11 bits per heavy atom. The molecule has 0 bridgehead atoms. The lowest BCUT2D eigenvalue weighted by Gasteiger charge is -1.98. The van der Waals surface area contributed by atoms with Gasteiger partial charge in [0, 0.05) is 5.56 Å². The molecule has 0 aliphatic carbocycles. The summed E-state index contributed by atoms with van der Waals surface area (Å²) in [5.74, 6) is -0.254. The fourth-order valence-corrected chi connectivity index (χ4v) is 2.07. The van der Waals surface area contributed by atoms with E-state index in [2.05, 4.69) is 5.16 Å². The lowest BCUT2D eigenvalue weighted by molar-refractivity contribution is 0.354. The summed E-state index contributed by atoms with van der Waals surface area (Å²) in [5, 5.41) is 16.2. The molecule has 0 saturated carbocycles. The van der Waals surface area contributed by atoms with Crippen LogP contribution in [0.15, 0.2) is 40.9 Å². The molecule has 18 heavy (non-hydrogen) atoms. The summed E-state index contributed by atoms with van der Waals surface area (Å²) in [6.45, 7) is 2.02. The molecule has 3 nitrogen and oxygen atoms in total. The van der Waals surface area contributed by atoms with E-state index in [9.17, 15) is 5.11 Å². The molecule has 0 unspecified atom stereocenters. The summed E-state index contributed by atoms with van der Waals surface area (Å²) in [6, 6.07) is 11.0. The molecule has 0 fully saturated rings. The van der Waals surface area contributed by atoms with Gasteiger partial charge in [0.2, 0.25) is 5.75 Å². The minimum absolute atomic E-state index is 0.0818. The van der Waals surface area contributed by atoms with Crippen molar-refractivity contribution in [2.45, 2.75) is 6.92 Å². The number of fused-ring (bicyclic) bond motifs is 1. The average molecular weight is 259 g/mol. The first-order chi connectivity index (χ1) is 8.66. The Balaban J connectivity index is 2.25. The van der Waals surface area contributed by atoms with E-state index < -0.39 is 0 Å². The number of hydrogen-bond acceptors (Lipinski definition) is 2. The second kappa shape index (κ2) is 4.03. The van der Waals surface area contributed by atoms with Crippen LogP contribution in [-0.2, 0) is 5.11 Å². The molecule has 2 aromatic carbocycles. The monoisotopic (exact) mass is 258 g/mol. The molecule has 0 aliphatic heterocycles. The van der Waals surface area contributed by atoms with E-state index in [1.165, 1.54) is 11.6 Å². The maximum atomic E-state index is 11.4. The van der Waals surface area contributed by atoms with Crippen LogP contribution >= 0.6 is 11.6 Å². The number of aryl methyl sites for hydroxylation is 1. The summed E-state index contributed by atoms with van der Waals surface area (Å²) < 4.78 is 5.16. The number of rotatable bonds is 1. The third-order valence-corrected chi connectivity index (χ3v) is 3.23. The number of benzene rings is 2. The highest BCUT2D eigenvalue weighted by atomic mass is 35.5. The summed E-state index contributed by atoms with van der Waals surface area (Å²) >= 11 is 5.91. The Labute approximate surface area is 109 Å². The minimum Gasteiger partial charge on any atom is -0.354 e. The van der Waals surface area contributed by atoms with Gasteiger partial charge in [0.05, 0.1) is 5.39 Å². The van der Waals surface area contributed by atoms with Crippen molar-refractivity contribution in [3.8, 4) is 17.0 Å². The molecule has 1 radical (unpaired) electrons. The predicted molar refractivity (Wildman–Crippen MR) is 69.3 cm³/mol. The molecule has 0 spiro atoms. The van der Waals surface area contributed by atoms with Crippen molar-refractivity contribution in [1.29, 1.82) is 0 Å². The van der Waals surface area contributed by atoms with Crippen molar-refractivity contribution < 1.29 is 9.63 Å². The largest absolute Gasteiger partial charge is 0.354 e. The van der Waals surface area contributed by atoms with Gasteiger partial charge in [0.25, 0.3) is 0 Å². The highest BCUT2D eigenvalue weighted by molar-refractivity contribution is 6.36. The first-order valence-corrected chi connectivity index (χ1v) is 5.86. The Bertz CT molecular complexity index is 716. The zero-order valence-corrected chi connectivity index (χ0v) is 10.4. The molecular formula is C14H9ClNO2. The van der Waals surface area contributed by atoms with Crippen molar-refractivity contribution in [2.24, 2.45) is 0 Å². The van der Waals surface area contributed by atoms with Crippen LogP contribution in [0.5, 0.6) is 5.75 Å². The van der Waals surface area contributed by atoms with Gasteiger partial charge in [0.15, 0.2) is 5.58 Å². The fourth-order valence-electron chi connectivity index (χ4n) is 1.87. The van der Waals surface area contributed by atoms with Gasteiger partial charge in [-0.1, -0.05) is 46.6 Å². The van der Waals surface area contributed by atoms with E-state index in [1.54, 1.807) is 6.07 Å². The Morgan fingerprint density at radius 3 is 2.56 bits per heavy atom. The second-order valence-corrected chi connectivity index (χ2v) is 4.53. The van der Waals surface area contributed by atoms with E-state index in [4.69, 9.17) is 16.1 Å². The van der Waals surface area contributed by atoms with Crippen LogP contribution in [-0.4, -0.2) is 5.16 Å². The van der Waals surface area contributed by atoms with Crippen LogP contribution in [0.4, 0.5) is 0 Å². The smallest absolute Gasteiger partial charge is 0.201 e. The average Bonchev–Trinajstić information content (AvgIpc) is 2.79. The highest BCUT2D eigenvalue weighted by Gasteiger charge is 2.15. The molecule has 3 rings (SSSR count). The third-order valence-electron chi connectivity index (χ3n) is 2.87. The lowest BCUT2D eigenvalue weighted by atomic mass is 10.1. The first-order valence-electron chi connectivity index (χ1n) is 5.49. The van der Waals surface area contributed by atoms with Crippen LogP contribution in [0.25, 0.3) is 22.2 Å². The molecule has 3 aromatic rings. The minimum atomic E-state index is -0.254. The van der Waals surface area contributed by atoms with Crippen molar-refractivity contribution >= 4 is 22.6 Å². The Hall–Kier alpha value is -2.00. The van der Waals surface area contributed by atoms with Crippen molar-refractivity contribution in [3.63, 3.8) is 0 Å². The van der Waals surface area contributed by atoms with Gasteiger partial charge in [-0.2, -0.15) is 0 Å². The summed E-state index contributed by atoms with van der Waals surface area (Å²) in [5.41, 5.74) is 3.16. The van der Waals surface area contributed by atoms with E-state index >= 15 is 0 Å². The zero-order chi connectivity index (χ0) is 12.7. The van der Waals surface area contributed by atoms with Crippen LogP contribution in [0, 0.1) is 6.92 Å². The molecule has 1 heterocycles. The Morgan fingerprint density at radius 2 is 1.83 bits per heavy atom. The van der Waals surface area contributed by atoms with Gasteiger partial charge in [0.1, 0.15) is 10.7 Å². The van der Waals surface area contributed by atoms with E-state index in [0.717, 1.165) is 10.9 Å². The van der Waals surface area contributed by atoms with Crippen molar-refractivity contribution in [2.75, 3.05) is 0 Å². The summed E-state index contributed by atoms with van der Waals surface area (Å²) in [4.78, 5) is 0. The molecule has 0 aliphatic rings. The maximum Gasteiger partial charge on any atom is 0.201 e. The maximum absolute atomic E-state index is 11.4. The summed E-state index contributed by atoms with van der Waals surface area (Å²) in [6.07, 6.45) is 0. The highest BCUT2D eigenvalue weighted by Crippen LogP contribution is 2.37. The van der Waals surface area contributed by atoms with Crippen LogP contribution < -0.4 is 0 Å². The molecule has 0 saturated heterocycles. The third kappa shape index (κ3) is 1.64. The van der Waals surface area contributed by atoms with Gasteiger partial charge in [-0.3, -0.25) is 5.11 Å². The summed E-state index contributed by atoms with van der Waals surface area (Å²) in [7, 11) is 0. The fraction of sp³-hybridized carbons (Fsp3) is 0.0714. The van der Waals surface area contributed by atoms with Crippen LogP contribution in [0.1, 0.15) is 5.56 Å². The van der Waals surface area contributed by atoms with Gasteiger partial charge in [-0.05, 0) is 19.1 Å². The standard InChI is InChI=1S/C14H9ClNO2/c1-8-2-4-9(5-3-8)13-10-6-7-11(17)12(15)14(10)18-16-13/h2-7H,1H3. The number of halogens is 1. The van der Waals surface area contributed by atoms with Crippen molar-refractivity contribution in [3.05, 3.63) is 47.0 Å². The molecular weight excluding hydrogens is 250 g/mol. The lowest BCUT2D eigenvalue weighted by Crippen LogP contribution is -1.79. The van der Waals surface area contributed by atoms with Crippen molar-refractivity contribution in [1.82, 2.24) is 5.16 Å². The molecule has 1 aromatic heterocycles. The quantitative estimate of drug-likeness (QED) is 0.640. The molecule has 0 N–H and O–H groups in total. The number of aromatic nitrogens is 1. The first kappa shape index (κ1) is 11.1. The normalized spacial score (nSPS) is 11.0. The SMILES string of the molecule is Cc1ccc(-c2noc3c(Cl)c([O])ccc23)cc1. The number of hydrogen-bond donors (Lipinski definition) is 0. The molecule has 0 amide bonds. The van der Waals surface area contributed by atoms with E-state index in [0.29, 0.717) is 11.3 Å². The second-order valence-electron chi connectivity index (χ2n) is 4.15. The molecule has 89 valence electrons. The van der Waals surface area contributed by atoms with Gasteiger partial charge < -0.3 is 4.52 Å². The molecule has 0 atom stereocenters. The van der Waals surface area contributed by atoms with Crippen LogP contribution in [0.2, 0.25) is 5.02 Å². The van der Waals surface area contributed by atoms with Gasteiger partial charge in [-0.15, -0.1) is 0 Å². The zero-order valence-electron chi connectivity index (χ0n) is 9.61. The van der Waals surface area contributed by atoms with E-state index in [-0.39, 0.29) is 10.8 Å². The van der Waals surface area contributed by atoms with E-state index in [1.807, 2.05) is 31.2 Å². The number of nitrogens with zero attached hydrogens (tertiary/aromatic N) is 1. The topological polar surface area (TPSA) is 45.9 Å². The Kier molecular flexibility index (Phi) is 2.49. The van der Waals surface area contributed by atoms with Gasteiger partial charge >= 0.3 is 0 Å². The molecule has 4 heteroatoms.